The van der Waals surface area contributed by atoms with E-state index in [1.54, 1.807) is 0 Å². The first-order valence-corrected chi connectivity index (χ1v) is 7.89. The molecule has 0 radical (unpaired) electrons. The third-order valence-electron chi connectivity index (χ3n) is 3.91. The van der Waals surface area contributed by atoms with E-state index in [1.807, 2.05) is 0 Å². The van der Waals surface area contributed by atoms with Crippen molar-refractivity contribution in [1.82, 2.24) is 10.2 Å². The number of rotatable bonds is 4. The maximum atomic E-state index is 3.75. The van der Waals surface area contributed by atoms with Crippen LogP contribution in [0.25, 0.3) is 0 Å². The van der Waals surface area contributed by atoms with E-state index in [4.69, 9.17) is 0 Å². The molecule has 0 aromatic carbocycles. The van der Waals surface area contributed by atoms with E-state index in [0.29, 0.717) is 0 Å². The molecule has 2 rings (SSSR count). The standard InChI is InChI=1S/C13H26N2S/c1-11(15-6-4-3-5-7-15)9-14-13-8-12(2)16-10-13/h11-14H,3-10H2,1-2H3. The lowest BCUT2D eigenvalue weighted by molar-refractivity contribution is 0.168. The van der Waals surface area contributed by atoms with Gasteiger partial charge in [-0.3, -0.25) is 4.90 Å². The van der Waals surface area contributed by atoms with Crippen molar-refractivity contribution in [3.63, 3.8) is 0 Å². The highest BCUT2D eigenvalue weighted by Gasteiger charge is 2.23. The topological polar surface area (TPSA) is 15.3 Å². The third-order valence-corrected chi connectivity index (χ3v) is 5.27. The van der Waals surface area contributed by atoms with Crippen molar-refractivity contribution in [2.24, 2.45) is 0 Å². The van der Waals surface area contributed by atoms with Crippen molar-refractivity contribution in [2.75, 3.05) is 25.4 Å². The Morgan fingerprint density at radius 1 is 1.31 bits per heavy atom. The summed E-state index contributed by atoms with van der Waals surface area (Å²) in [5.41, 5.74) is 0. The zero-order chi connectivity index (χ0) is 11.4. The van der Waals surface area contributed by atoms with Crippen LogP contribution in [0.15, 0.2) is 0 Å². The van der Waals surface area contributed by atoms with Gasteiger partial charge in [0.1, 0.15) is 0 Å². The van der Waals surface area contributed by atoms with Crippen LogP contribution in [0.3, 0.4) is 0 Å². The lowest BCUT2D eigenvalue weighted by Gasteiger charge is -2.33. The fourth-order valence-electron chi connectivity index (χ4n) is 2.78. The van der Waals surface area contributed by atoms with Gasteiger partial charge in [-0.25, -0.2) is 0 Å². The summed E-state index contributed by atoms with van der Waals surface area (Å²) >= 11 is 2.12. The van der Waals surface area contributed by atoms with E-state index in [2.05, 4.69) is 35.8 Å². The molecule has 16 heavy (non-hydrogen) atoms. The van der Waals surface area contributed by atoms with Gasteiger partial charge in [0.05, 0.1) is 0 Å². The van der Waals surface area contributed by atoms with Crippen LogP contribution in [-0.4, -0.2) is 47.6 Å². The van der Waals surface area contributed by atoms with Crippen LogP contribution >= 0.6 is 11.8 Å². The van der Waals surface area contributed by atoms with Gasteiger partial charge in [-0.2, -0.15) is 11.8 Å². The number of nitrogens with one attached hydrogen (secondary N) is 1. The largest absolute Gasteiger partial charge is 0.312 e. The second-order valence-electron chi connectivity index (χ2n) is 5.43. The predicted octanol–water partition coefficient (Wildman–Crippen LogP) is 2.34. The number of hydrogen-bond acceptors (Lipinski definition) is 3. The summed E-state index contributed by atoms with van der Waals surface area (Å²) in [6, 6.07) is 1.49. The highest BCUT2D eigenvalue weighted by molar-refractivity contribution is 8.00. The van der Waals surface area contributed by atoms with Crippen LogP contribution < -0.4 is 5.32 Å². The number of piperidine rings is 1. The Hall–Kier alpha value is 0.270. The van der Waals surface area contributed by atoms with Crippen LogP contribution in [0.2, 0.25) is 0 Å². The molecule has 94 valence electrons. The summed E-state index contributed by atoms with van der Waals surface area (Å²) in [5.74, 6) is 1.31. The molecular weight excluding hydrogens is 216 g/mol. The molecule has 0 saturated carbocycles. The van der Waals surface area contributed by atoms with E-state index in [0.717, 1.165) is 17.3 Å². The van der Waals surface area contributed by atoms with Gasteiger partial charge in [-0.05, 0) is 39.3 Å². The van der Waals surface area contributed by atoms with E-state index < -0.39 is 0 Å². The molecule has 2 heterocycles. The number of likely N-dealkylation sites (tertiary alicyclic amines) is 1. The summed E-state index contributed by atoms with van der Waals surface area (Å²) in [7, 11) is 0. The lowest BCUT2D eigenvalue weighted by atomic mass is 10.1. The van der Waals surface area contributed by atoms with Gasteiger partial charge in [-0.15, -0.1) is 0 Å². The molecule has 2 aliphatic rings. The molecule has 3 atom stereocenters. The molecule has 0 aromatic rings. The molecular formula is C13H26N2S. The number of hydrogen-bond donors (Lipinski definition) is 1. The maximum Gasteiger partial charge on any atom is 0.0192 e. The van der Waals surface area contributed by atoms with Crippen LogP contribution in [-0.2, 0) is 0 Å². The van der Waals surface area contributed by atoms with Gasteiger partial charge in [-0.1, -0.05) is 13.3 Å². The summed E-state index contributed by atoms with van der Waals surface area (Å²) in [5, 5.41) is 4.61. The van der Waals surface area contributed by atoms with Crippen molar-refractivity contribution in [1.29, 1.82) is 0 Å². The second kappa shape index (κ2) is 6.27. The quantitative estimate of drug-likeness (QED) is 0.814. The van der Waals surface area contributed by atoms with Crippen molar-refractivity contribution in [3.8, 4) is 0 Å². The first-order valence-electron chi connectivity index (χ1n) is 6.84. The molecule has 0 aromatic heterocycles. The van der Waals surface area contributed by atoms with Gasteiger partial charge in [0, 0.05) is 29.6 Å². The molecule has 2 nitrogen and oxygen atoms in total. The first kappa shape index (κ1) is 12.7. The minimum absolute atomic E-state index is 0.723. The van der Waals surface area contributed by atoms with Gasteiger partial charge >= 0.3 is 0 Å². The maximum absolute atomic E-state index is 3.75. The Labute approximate surface area is 105 Å². The Bertz CT molecular complexity index is 204. The molecule has 0 bridgehead atoms. The van der Waals surface area contributed by atoms with E-state index in [1.165, 1.54) is 51.1 Å². The predicted molar refractivity (Wildman–Crippen MR) is 73.2 cm³/mol. The van der Waals surface area contributed by atoms with Crippen molar-refractivity contribution in [2.45, 2.75) is 56.9 Å². The van der Waals surface area contributed by atoms with Crippen molar-refractivity contribution in [3.05, 3.63) is 0 Å². The fraction of sp³-hybridized carbons (Fsp3) is 1.00. The third kappa shape index (κ3) is 3.64. The molecule has 3 heteroatoms. The minimum atomic E-state index is 0.723. The van der Waals surface area contributed by atoms with Crippen molar-refractivity contribution >= 4 is 11.8 Å². The van der Waals surface area contributed by atoms with Crippen LogP contribution in [0.1, 0.15) is 39.5 Å². The SMILES string of the molecule is CC1CC(NCC(C)N2CCCCC2)CS1. The molecule has 0 spiro atoms. The highest BCUT2D eigenvalue weighted by Crippen LogP contribution is 2.25. The smallest absolute Gasteiger partial charge is 0.0192 e. The zero-order valence-corrected chi connectivity index (χ0v) is 11.6. The first-order chi connectivity index (χ1) is 7.75. The Morgan fingerprint density at radius 3 is 2.69 bits per heavy atom. The number of nitrogens with zero attached hydrogens (tertiary/aromatic N) is 1. The lowest BCUT2D eigenvalue weighted by Crippen LogP contribution is -2.45. The Morgan fingerprint density at radius 2 is 2.06 bits per heavy atom. The van der Waals surface area contributed by atoms with Gasteiger partial charge in [0.2, 0.25) is 0 Å². The van der Waals surface area contributed by atoms with Crippen LogP contribution in [0, 0.1) is 0 Å². The molecule has 2 saturated heterocycles. The average molecular weight is 242 g/mol. The Balaban J connectivity index is 1.64. The fourth-order valence-corrected chi connectivity index (χ4v) is 3.97. The summed E-state index contributed by atoms with van der Waals surface area (Å²) < 4.78 is 0. The van der Waals surface area contributed by atoms with Crippen molar-refractivity contribution < 1.29 is 0 Å². The van der Waals surface area contributed by atoms with E-state index >= 15 is 0 Å². The van der Waals surface area contributed by atoms with Gasteiger partial charge in [0.15, 0.2) is 0 Å². The normalized spacial score (nSPS) is 34.1. The molecule has 3 unspecified atom stereocenters. The second-order valence-corrected chi connectivity index (χ2v) is 6.90. The number of thioether (sulfide) groups is 1. The molecule has 1 N–H and O–H groups in total. The molecule has 2 aliphatic heterocycles. The summed E-state index contributed by atoms with van der Waals surface area (Å²) in [6.07, 6.45) is 5.60. The van der Waals surface area contributed by atoms with Crippen LogP contribution in [0.4, 0.5) is 0 Å². The van der Waals surface area contributed by atoms with Gasteiger partial charge in [0.25, 0.3) is 0 Å². The summed E-state index contributed by atoms with van der Waals surface area (Å²) in [6.45, 7) is 8.54. The Kier molecular flexibility index (Phi) is 4.98. The van der Waals surface area contributed by atoms with E-state index in [-0.39, 0.29) is 0 Å². The highest BCUT2D eigenvalue weighted by atomic mass is 32.2. The minimum Gasteiger partial charge on any atom is -0.312 e. The summed E-state index contributed by atoms with van der Waals surface area (Å²) in [4.78, 5) is 2.65. The monoisotopic (exact) mass is 242 g/mol. The molecule has 0 amide bonds. The van der Waals surface area contributed by atoms with E-state index in [9.17, 15) is 0 Å². The van der Waals surface area contributed by atoms with Crippen LogP contribution in [0.5, 0.6) is 0 Å². The average Bonchev–Trinajstić information content (AvgIpc) is 2.73. The van der Waals surface area contributed by atoms with Gasteiger partial charge < -0.3 is 5.32 Å². The molecule has 0 aliphatic carbocycles. The molecule has 2 fully saturated rings. The zero-order valence-electron chi connectivity index (χ0n) is 10.7.